The van der Waals surface area contributed by atoms with Crippen LogP contribution in [0.15, 0.2) is 72.8 Å². The molecule has 8 heteroatoms. The maximum atomic E-state index is 12.6. The van der Waals surface area contributed by atoms with Crippen molar-refractivity contribution < 1.29 is 27.8 Å². The molecule has 2 N–H and O–H groups in total. The maximum absolute atomic E-state index is 12.6. The summed E-state index contributed by atoms with van der Waals surface area (Å²) in [5.74, 6) is 1.27. The van der Waals surface area contributed by atoms with Gasteiger partial charge in [0.2, 0.25) is 0 Å². The molecule has 3 aromatic rings. The van der Waals surface area contributed by atoms with Crippen LogP contribution in [0.5, 0.6) is 17.2 Å². The summed E-state index contributed by atoms with van der Waals surface area (Å²) in [4.78, 5) is 0. The largest absolute Gasteiger partial charge is 0.573 e. The molecule has 186 valence electrons. The average Bonchev–Trinajstić information content (AvgIpc) is 3.65. The third-order valence-electron chi connectivity index (χ3n) is 5.91. The highest BCUT2D eigenvalue weighted by atomic mass is 35.5. The van der Waals surface area contributed by atoms with E-state index in [0.29, 0.717) is 24.0 Å². The second-order valence-electron chi connectivity index (χ2n) is 8.72. The molecular weight excluding hydrogens is 479 g/mol. The maximum Gasteiger partial charge on any atom is 0.573 e. The molecule has 4 nitrogen and oxygen atoms in total. The van der Waals surface area contributed by atoms with Gasteiger partial charge in [0, 0.05) is 6.54 Å². The molecule has 0 saturated heterocycles. The van der Waals surface area contributed by atoms with Crippen molar-refractivity contribution in [3.05, 3.63) is 89.5 Å². The van der Waals surface area contributed by atoms with Crippen LogP contribution in [0.3, 0.4) is 0 Å². The van der Waals surface area contributed by atoms with Gasteiger partial charge in [0.15, 0.2) is 0 Å². The zero-order valence-electron chi connectivity index (χ0n) is 19.1. The minimum absolute atomic E-state index is 0.0990. The number of hydrogen-bond donors (Lipinski definition) is 2. The zero-order valence-corrected chi connectivity index (χ0v) is 19.9. The van der Waals surface area contributed by atoms with E-state index in [1.54, 1.807) is 12.1 Å². The zero-order chi connectivity index (χ0) is 25.0. The molecule has 0 amide bonds. The first-order chi connectivity index (χ1) is 16.7. The van der Waals surface area contributed by atoms with Gasteiger partial charge in [0.1, 0.15) is 17.2 Å². The van der Waals surface area contributed by atoms with Crippen molar-refractivity contribution in [1.29, 1.82) is 0 Å². The molecule has 1 saturated carbocycles. The van der Waals surface area contributed by atoms with Gasteiger partial charge in [-0.25, -0.2) is 0 Å². The Labute approximate surface area is 207 Å². The van der Waals surface area contributed by atoms with Gasteiger partial charge in [0.25, 0.3) is 0 Å². The summed E-state index contributed by atoms with van der Waals surface area (Å²) in [5, 5.41) is 13.6. The van der Waals surface area contributed by atoms with Crippen molar-refractivity contribution in [2.75, 3.05) is 6.54 Å². The number of aliphatic hydroxyl groups is 1. The average molecular weight is 506 g/mol. The van der Waals surface area contributed by atoms with E-state index >= 15 is 0 Å². The second-order valence-corrected chi connectivity index (χ2v) is 9.38. The van der Waals surface area contributed by atoms with Crippen molar-refractivity contribution >= 4 is 11.6 Å². The van der Waals surface area contributed by atoms with Gasteiger partial charge in [-0.2, -0.15) is 0 Å². The number of rotatable bonds is 10. The highest BCUT2D eigenvalue weighted by Crippen LogP contribution is 2.34. The smallest absolute Gasteiger partial charge is 0.457 e. The summed E-state index contributed by atoms with van der Waals surface area (Å²) in [6.45, 7) is 2.26. The predicted molar refractivity (Wildman–Crippen MR) is 129 cm³/mol. The standard InChI is InChI=1S/C27H27ClF3NO3/c1-17(28)18-7-11-22(12-8-18)34-24-4-2-3-21(15-24)26(32-16-25(33)19-5-6-19)20-9-13-23(14-10-20)35-27(29,30)31/h2-4,7-15,17,19,25-26,32-33H,5-6,16H2,1H3. The number of nitrogens with one attached hydrogen (secondary N) is 1. The fourth-order valence-electron chi connectivity index (χ4n) is 3.87. The first-order valence-corrected chi connectivity index (χ1v) is 11.9. The molecule has 3 atom stereocenters. The fourth-order valence-corrected chi connectivity index (χ4v) is 4.02. The summed E-state index contributed by atoms with van der Waals surface area (Å²) >= 11 is 6.12. The van der Waals surface area contributed by atoms with Gasteiger partial charge in [0.05, 0.1) is 17.5 Å². The first-order valence-electron chi connectivity index (χ1n) is 11.5. The lowest BCUT2D eigenvalue weighted by Crippen LogP contribution is -2.32. The van der Waals surface area contributed by atoms with Crippen LogP contribution in [-0.4, -0.2) is 24.1 Å². The van der Waals surface area contributed by atoms with E-state index in [1.807, 2.05) is 55.5 Å². The van der Waals surface area contributed by atoms with Crippen molar-refractivity contribution in [2.45, 2.75) is 43.7 Å². The van der Waals surface area contributed by atoms with Gasteiger partial charge in [-0.05, 0) is 78.8 Å². The van der Waals surface area contributed by atoms with E-state index in [1.165, 1.54) is 12.1 Å². The monoisotopic (exact) mass is 505 g/mol. The van der Waals surface area contributed by atoms with Crippen LogP contribution in [0.4, 0.5) is 13.2 Å². The summed E-state index contributed by atoms with van der Waals surface area (Å²) in [7, 11) is 0. The first kappa shape index (κ1) is 25.4. The Morgan fingerprint density at radius 1 is 0.914 bits per heavy atom. The Hall–Kier alpha value is -2.74. The van der Waals surface area contributed by atoms with Crippen LogP contribution in [0, 0.1) is 5.92 Å². The van der Waals surface area contributed by atoms with E-state index in [2.05, 4.69) is 10.1 Å². The number of aliphatic hydroxyl groups excluding tert-OH is 1. The highest BCUT2D eigenvalue weighted by molar-refractivity contribution is 6.20. The van der Waals surface area contributed by atoms with Gasteiger partial charge in [-0.1, -0.05) is 36.4 Å². The van der Waals surface area contributed by atoms with Gasteiger partial charge < -0.3 is 19.9 Å². The molecule has 3 unspecified atom stereocenters. The van der Waals surface area contributed by atoms with Crippen molar-refractivity contribution in [3.63, 3.8) is 0 Å². The van der Waals surface area contributed by atoms with Crippen LogP contribution < -0.4 is 14.8 Å². The predicted octanol–water partition coefficient (Wildman–Crippen LogP) is 7.13. The summed E-state index contributed by atoms with van der Waals surface area (Å²) in [6.07, 6.45) is -3.23. The molecule has 0 radical (unpaired) electrons. The number of benzene rings is 3. The van der Waals surface area contributed by atoms with Crippen LogP contribution in [-0.2, 0) is 0 Å². The second kappa shape index (κ2) is 10.9. The summed E-state index contributed by atoms with van der Waals surface area (Å²) < 4.78 is 47.7. The van der Waals surface area contributed by atoms with Gasteiger partial charge in [-0.3, -0.25) is 0 Å². The van der Waals surface area contributed by atoms with Gasteiger partial charge >= 0.3 is 6.36 Å². The van der Waals surface area contributed by atoms with Gasteiger partial charge in [-0.15, -0.1) is 24.8 Å². The number of hydrogen-bond acceptors (Lipinski definition) is 4. The van der Waals surface area contributed by atoms with Crippen molar-refractivity contribution in [1.82, 2.24) is 5.32 Å². The molecule has 0 spiro atoms. The number of halogens is 4. The SMILES string of the molecule is CC(Cl)c1ccc(Oc2cccc(C(NCC(O)C3CC3)c3ccc(OC(F)(F)F)cc3)c2)cc1. The van der Waals surface area contributed by atoms with Crippen LogP contribution in [0.2, 0.25) is 0 Å². The molecule has 4 rings (SSSR count). The van der Waals surface area contributed by atoms with Crippen molar-refractivity contribution in [3.8, 4) is 17.2 Å². The lowest BCUT2D eigenvalue weighted by molar-refractivity contribution is -0.274. The van der Waals surface area contributed by atoms with Crippen molar-refractivity contribution in [2.24, 2.45) is 5.92 Å². The Morgan fingerprint density at radius 3 is 2.14 bits per heavy atom. The summed E-state index contributed by atoms with van der Waals surface area (Å²) in [6, 6.07) is 20.4. The quantitative estimate of drug-likeness (QED) is 0.288. The van der Waals surface area contributed by atoms with E-state index in [4.69, 9.17) is 16.3 Å². The molecule has 0 bridgehead atoms. The normalized spacial score (nSPS) is 16.4. The Bertz CT molecular complexity index is 1100. The van der Waals surface area contributed by atoms with Crippen LogP contribution >= 0.6 is 11.6 Å². The molecule has 1 aliphatic carbocycles. The Morgan fingerprint density at radius 2 is 1.54 bits per heavy atom. The minimum Gasteiger partial charge on any atom is -0.457 e. The molecule has 3 aromatic carbocycles. The Kier molecular flexibility index (Phi) is 7.89. The molecule has 1 aliphatic rings. The molecule has 1 fully saturated rings. The van der Waals surface area contributed by atoms with E-state index in [0.717, 1.165) is 29.5 Å². The molecular formula is C27H27ClF3NO3. The topological polar surface area (TPSA) is 50.7 Å². The van der Waals surface area contributed by atoms with Crippen LogP contribution in [0.1, 0.15) is 47.9 Å². The van der Waals surface area contributed by atoms with E-state index in [-0.39, 0.29) is 17.2 Å². The number of ether oxygens (including phenoxy) is 2. The molecule has 0 aromatic heterocycles. The fraction of sp³-hybridized carbons (Fsp3) is 0.333. The van der Waals surface area contributed by atoms with E-state index in [9.17, 15) is 18.3 Å². The molecule has 0 heterocycles. The third kappa shape index (κ3) is 7.37. The van der Waals surface area contributed by atoms with Crippen LogP contribution in [0.25, 0.3) is 0 Å². The molecule has 0 aliphatic heterocycles. The Balaban J connectivity index is 1.55. The van der Waals surface area contributed by atoms with E-state index < -0.39 is 12.5 Å². The number of alkyl halides is 4. The minimum atomic E-state index is -4.75. The lowest BCUT2D eigenvalue weighted by atomic mass is 9.98. The molecule has 35 heavy (non-hydrogen) atoms. The lowest BCUT2D eigenvalue weighted by Gasteiger charge is -2.23. The highest BCUT2D eigenvalue weighted by Gasteiger charge is 2.32. The summed E-state index contributed by atoms with van der Waals surface area (Å²) in [5.41, 5.74) is 2.57. The third-order valence-corrected chi connectivity index (χ3v) is 6.16.